The number of nitrogens with two attached hydrogens (primary N) is 1. The van der Waals surface area contributed by atoms with Crippen molar-refractivity contribution < 1.29 is 17.9 Å². The van der Waals surface area contributed by atoms with E-state index in [9.17, 15) is 13.2 Å². The lowest BCUT2D eigenvalue weighted by Gasteiger charge is -2.19. The number of hydrogen-bond donors (Lipinski definition) is 1. The first-order valence-electron chi connectivity index (χ1n) is 5.35. The standard InChI is InChI=1S/C10H16F3NOS/c11-10(12,13)8(9(14)16)6-15-5-7-3-1-2-4-7/h7-8H,1-6H2,(H2,14,16). The zero-order valence-corrected chi connectivity index (χ0v) is 9.74. The Morgan fingerprint density at radius 1 is 1.38 bits per heavy atom. The summed E-state index contributed by atoms with van der Waals surface area (Å²) in [6, 6.07) is 0. The van der Waals surface area contributed by atoms with E-state index in [1.54, 1.807) is 0 Å². The van der Waals surface area contributed by atoms with E-state index < -0.39 is 23.7 Å². The molecule has 1 unspecified atom stereocenters. The second kappa shape index (κ2) is 5.82. The molecule has 1 rings (SSSR count). The molecule has 2 nitrogen and oxygen atoms in total. The summed E-state index contributed by atoms with van der Waals surface area (Å²) in [5.74, 6) is -1.41. The third-order valence-corrected chi connectivity index (χ3v) is 3.14. The van der Waals surface area contributed by atoms with Gasteiger partial charge in [0.1, 0.15) is 5.92 Å². The zero-order chi connectivity index (χ0) is 12.2. The van der Waals surface area contributed by atoms with Gasteiger partial charge in [0.25, 0.3) is 0 Å². The van der Waals surface area contributed by atoms with Gasteiger partial charge in [0.05, 0.1) is 11.6 Å². The molecule has 0 bridgehead atoms. The molecule has 0 radical (unpaired) electrons. The van der Waals surface area contributed by atoms with Crippen LogP contribution >= 0.6 is 12.2 Å². The molecule has 1 aliphatic carbocycles. The van der Waals surface area contributed by atoms with E-state index in [0.717, 1.165) is 25.7 Å². The van der Waals surface area contributed by atoms with Gasteiger partial charge in [-0.1, -0.05) is 25.1 Å². The van der Waals surface area contributed by atoms with Gasteiger partial charge in [-0.25, -0.2) is 0 Å². The summed E-state index contributed by atoms with van der Waals surface area (Å²) in [6.45, 7) is -0.0650. The molecular formula is C10H16F3NOS. The fourth-order valence-corrected chi connectivity index (χ4v) is 2.07. The van der Waals surface area contributed by atoms with Crippen LogP contribution in [0, 0.1) is 11.8 Å². The number of thiocarbonyl (C=S) groups is 1. The first-order chi connectivity index (χ1) is 7.41. The predicted octanol–water partition coefficient (Wildman–Crippen LogP) is 2.66. The summed E-state index contributed by atoms with van der Waals surface area (Å²) >= 11 is 4.39. The molecule has 16 heavy (non-hydrogen) atoms. The number of rotatable bonds is 5. The van der Waals surface area contributed by atoms with Gasteiger partial charge in [-0.15, -0.1) is 0 Å². The fraction of sp³-hybridized carbons (Fsp3) is 0.900. The van der Waals surface area contributed by atoms with Crippen molar-refractivity contribution in [3.8, 4) is 0 Å². The Morgan fingerprint density at radius 2 is 1.94 bits per heavy atom. The molecule has 0 heterocycles. The van der Waals surface area contributed by atoms with Gasteiger partial charge in [-0.05, 0) is 18.8 Å². The molecule has 94 valence electrons. The first kappa shape index (κ1) is 13.7. The van der Waals surface area contributed by atoms with Crippen molar-refractivity contribution in [2.45, 2.75) is 31.9 Å². The number of alkyl halides is 3. The summed E-state index contributed by atoms with van der Waals surface area (Å²) in [7, 11) is 0. The van der Waals surface area contributed by atoms with Crippen LogP contribution in [-0.4, -0.2) is 24.4 Å². The van der Waals surface area contributed by atoms with E-state index in [1.165, 1.54) is 0 Å². The van der Waals surface area contributed by atoms with Gasteiger partial charge in [-0.3, -0.25) is 0 Å². The van der Waals surface area contributed by atoms with Crippen LogP contribution in [0.25, 0.3) is 0 Å². The van der Waals surface area contributed by atoms with E-state index in [2.05, 4.69) is 12.2 Å². The molecule has 1 saturated carbocycles. The molecule has 0 spiro atoms. The van der Waals surface area contributed by atoms with Crippen molar-refractivity contribution in [3.05, 3.63) is 0 Å². The summed E-state index contributed by atoms with van der Waals surface area (Å²) in [5, 5.41) is 0. The highest BCUT2D eigenvalue weighted by atomic mass is 32.1. The summed E-state index contributed by atoms with van der Waals surface area (Å²) < 4.78 is 42.4. The molecule has 1 fully saturated rings. The predicted molar refractivity (Wildman–Crippen MR) is 59.1 cm³/mol. The highest BCUT2D eigenvalue weighted by Crippen LogP contribution is 2.28. The fourth-order valence-electron chi connectivity index (χ4n) is 1.87. The number of hydrogen-bond acceptors (Lipinski definition) is 2. The molecular weight excluding hydrogens is 239 g/mol. The largest absolute Gasteiger partial charge is 0.400 e. The Hall–Kier alpha value is -0.360. The van der Waals surface area contributed by atoms with E-state index in [4.69, 9.17) is 10.5 Å². The Labute approximate surface area is 98.3 Å². The lowest BCUT2D eigenvalue weighted by molar-refractivity contribution is -0.168. The Morgan fingerprint density at radius 3 is 2.38 bits per heavy atom. The van der Waals surface area contributed by atoms with Crippen molar-refractivity contribution in [1.29, 1.82) is 0 Å². The normalized spacial score (nSPS) is 19.9. The summed E-state index contributed by atoms with van der Waals surface area (Å²) in [6.07, 6.45) is -0.0208. The zero-order valence-electron chi connectivity index (χ0n) is 8.93. The maximum atomic E-state index is 12.4. The molecule has 6 heteroatoms. The van der Waals surface area contributed by atoms with Gasteiger partial charge in [-0.2, -0.15) is 13.2 Å². The number of ether oxygens (including phenoxy) is 1. The van der Waals surface area contributed by atoms with Crippen molar-refractivity contribution >= 4 is 17.2 Å². The minimum absolute atomic E-state index is 0.384. The smallest absolute Gasteiger partial charge is 0.393 e. The lowest BCUT2D eigenvalue weighted by Crippen LogP contribution is -2.38. The maximum absolute atomic E-state index is 12.4. The molecule has 0 aromatic rings. The first-order valence-corrected chi connectivity index (χ1v) is 5.76. The lowest BCUT2D eigenvalue weighted by atomic mass is 10.1. The summed E-state index contributed by atoms with van der Waals surface area (Å²) in [4.78, 5) is -0.543. The van der Waals surface area contributed by atoms with Crippen LogP contribution < -0.4 is 5.73 Å². The molecule has 0 saturated heterocycles. The van der Waals surface area contributed by atoms with E-state index in [1.807, 2.05) is 0 Å². The van der Waals surface area contributed by atoms with Crippen LogP contribution in [0.1, 0.15) is 25.7 Å². The quantitative estimate of drug-likeness (QED) is 0.767. The van der Waals surface area contributed by atoms with Crippen molar-refractivity contribution in [2.75, 3.05) is 13.2 Å². The second-order valence-electron chi connectivity index (χ2n) is 4.18. The minimum Gasteiger partial charge on any atom is -0.393 e. The Kier molecular flexibility index (Phi) is 4.98. The maximum Gasteiger partial charge on any atom is 0.400 e. The monoisotopic (exact) mass is 255 g/mol. The van der Waals surface area contributed by atoms with Crippen LogP contribution in [0.2, 0.25) is 0 Å². The van der Waals surface area contributed by atoms with Gasteiger partial charge in [0, 0.05) is 6.61 Å². The minimum atomic E-state index is -4.40. The third kappa shape index (κ3) is 4.25. The number of halogens is 3. The Bertz CT molecular complexity index is 239. The van der Waals surface area contributed by atoms with Crippen molar-refractivity contribution in [2.24, 2.45) is 17.6 Å². The van der Waals surface area contributed by atoms with E-state index >= 15 is 0 Å². The molecule has 0 aromatic carbocycles. The van der Waals surface area contributed by atoms with E-state index in [-0.39, 0.29) is 0 Å². The molecule has 2 N–H and O–H groups in total. The highest BCUT2D eigenvalue weighted by molar-refractivity contribution is 7.80. The van der Waals surface area contributed by atoms with Gasteiger partial charge >= 0.3 is 6.18 Å². The topological polar surface area (TPSA) is 35.2 Å². The van der Waals surface area contributed by atoms with Crippen molar-refractivity contribution in [1.82, 2.24) is 0 Å². The SMILES string of the molecule is NC(=S)C(COCC1CCCC1)C(F)(F)F. The van der Waals surface area contributed by atoms with Crippen LogP contribution in [0.4, 0.5) is 13.2 Å². The molecule has 0 aliphatic heterocycles. The molecule has 0 amide bonds. The van der Waals surface area contributed by atoms with Crippen LogP contribution in [-0.2, 0) is 4.74 Å². The van der Waals surface area contributed by atoms with Crippen LogP contribution in [0.3, 0.4) is 0 Å². The van der Waals surface area contributed by atoms with Crippen LogP contribution in [0.5, 0.6) is 0 Å². The third-order valence-electron chi connectivity index (χ3n) is 2.85. The molecule has 0 aromatic heterocycles. The Balaban J connectivity index is 2.30. The summed E-state index contributed by atoms with van der Waals surface area (Å²) in [5.41, 5.74) is 5.05. The second-order valence-corrected chi connectivity index (χ2v) is 4.66. The molecule has 1 aliphatic rings. The van der Waals surface area contributed by atoms with Gasteiger partial charge in [0.2, 0.25) is 0 Å². The van der Waals surface area contributed by atoms with Crippen molar-refractivity contribution in [3.63, 3.8) is 0 Å². The highest BCUT2D eigenvalue weighted by Gasteiger charge is 2.41. The van der Waals surface area contributed by atoms with E-state index in [0.29, 0.717) is 12.5 Å². The molecule has 1 atom stereocenters. The van der Waals surface area contributed by atoms with Gasteiger partial charge in [0.15, 0.2) is 0 Å². The average Bonchev–Trinajstić information content (AvgIpc) is 2.61. The van der Waals surface area contributed by atoms with Crippen LogP contribution in [0.15, 0.2) is 0 Å². The average molecular weight is 255 g/mol. The van der Waals surface area contributed by atoms with Gasteiger partial charge < -0.3 is 10.5 Å².